The fraction of sp³-hybridized carbons (Fsp3) is 0.385. The maximum atomic E-state index is 12.5. The smallest absolute Gasteiger partial charge is 0.386 e. The zero-order valence-corrected chi connectivity index (χ0v) is 9.80. The molecule has 2 nitrogen and oxygen atoms in total. The highest BCUT2D eigenvalue weighted by atomic mass is 19.4. The molecule has 2 rings (SSSR count). The number of nitrogens with one attached hydrogen (secondary N) is 1. The summed E-state index contributed by atoms with van der Waals surface area (Å²) in [5.74, 6) is 0.962. The van der Waals surface area contributed by atoms with E-state index in [-0.39, 0.29) is 0 Å². The van der Waals surface area contributed by atoms with E-state index >= 15 is 0 Å². The number of alkyl halides is 3. The Morgan fingerprint density at radius 2 is 2.11 bits per heavy atom. The molecule has 5 heteroatoms. The highest BCUT2D eigenvalue weighted by Crippen LogP contribution is 2.30. The van der Waals surface area contributed by atoms with Crippen LogP contribution >= 0.6 is 0 Å². The van der Waals surface area contributed by atoms with E-state index in [1.165, 1.54) is 12.1 Å². The number of rotatable bonds is 3. The predicted molar refractivity (Wildman–Crippen MR) is 63.5 cm³/mol. The maximum Gasteiger partial charge on any atom is 0.416 e. The van der Waals surface area contributed by atoms with Crippen LogP contribution in [0.4, 0.5) is 13.2 Å². The molecule has 3 N–H and O–H groups in total. The van der Waals surface area contributed by atoms with Gasteiger partial charge in [0.15, 0.2) is 0 Å². The minimum Gasteiger partial charge on any atom is -0.386 e. The molecule has 1 atom stereocenters. The molecule has 1 aliphatic rings. The largest absolute Gasteiger partial charge is 0.416 e. The lowest BCUT2D eigenvalue weighted by molar-refractivity contribution is -0.137. The zero-order chi connectivity index (χ0) is 13.2. The van der Waals surface area contributed by atoms with Crippen LogP contribution in [-0.2, 0) is 12.6 Å². The van der Waals surface area contributed by atoms with Crippen molar-refractivity contribution in [2.45, 2.75) is 19.0 Å². The van der Waals surface area contributed by atoms with Crippen LogP contribution in [0, 0.1) is 5.92 Å². The number of nitrogens with two attached hydrogens (primary N) is 1. The molecule has 0 aromatic heterocycles. The van der Waals surface area contributed by atoms with Gasteiger partial charge in [0.05, 0.1) is 11.4 Å². The van der Waals surface area contributed by atoms with Gasteiger partial charge in [-0.05, 0) is 36.5 Å². The quantitative estimate of drug-likeness (QED) is 0.872. The van der Waals surface area contributed by atoms with E-state index < -0.39 is 11.7 Å². The van der Waals surface area contributed by atoms with Gasteiger partial charge >= 0.3 is 6.18 Å². The maximum absolute atomic E-state index is 12.5. The van der Waals surface area contributed by atoms with Crippen molar-refractivity contribution in [1.29, 1.82) is 0 Å². The monoisotopic (exact) mass is 256 g/mol. The molecule has 0 bridgehead atoms. The second kappa shape index (κ2) is 4.92. The summed E-state index contributed by atoms with van der Waals surface area (Å²) in [4.78, 5) is 0. The summed E-state index contributed by atoms with van der Waals surface area (Å²) in [5, 5.41) is 3.00. The fourth-order valence-corrected chi connectivity index (χ4v) is 2.06. The Morgan fingerprint density at radius 1 is 1.33 bits per heavy atom. The van der Waals surface area contributed by atoms with Crippen molar-refractivity contribution in [3.63, 3.8) is 0 Å². The van der Waals surface area contributed by atoms with Crippen LogP contribution < -0.4 is 11.1 Å². The normalized spacial score (nSPS) is 19.5. The van der Waals surface area contributed by atoms with E-state index in [9.17, 15) is 13.2 Å². The zero-order valence-electron chi connectivity index (χ0n) is 9.80. The van der Waals surface area contributed by atoms with Crippen molar-refractivity contribution in [3.05, 3.63) is 47.3 Å². The highest BCUT2D eigenvalue weighted by molar-refractivity contribution is 5.26. The second-order valence-electron chi connectivity index (χ2n) is 4.50. The molecule has 0 fully saturated rings. The minimum atomic E-state index is -4.27. The molecular weight excluding hydrogens is 241 g/mol. The summed E-state index contributed by atoms with van der Waals surface area (Å²) < 4.78 is 37.6. The lowest BCUT2D eigenvalue weighted by Crippen LogP contribution is -2.16. The van der Waals surface area contributed by atoms with Gasteiger partial charge in [-0.25, -0.2) is 0 Å². The summed E-state index contributed by atoms with van der Waals surface area (Å²) in [6.07, 6.45) is -0.919. The second-order valence-corrected chi connectivity index (χ2v) is 4.50. The van der Waals surface area contributed by atoms with Crippen LogP contribution in [0.15, 0.2) is 36.2 Å². The van der Waals surface area contributed by atoms with Gasteiger partial charge in [-0.2, -0.15) is 13.2 Å². The van der Waals surface area contributed by atoms with Crippen LogP contribution in [-0.4, -0.2) is 6.54 Å². The first-order valence-electron chi connectivity index (χ1n) is 5.82. The van der Waals surface area contributed by atoms with Gasteiger partial charge in [-0.3, -0.25) is 0 Å². The van der Waals surface area contributed by atoms with Gasteiger partial charge in [-0.1, -0.05) is 18.2 Å². The van der Waals surface area contributed by atoms with Crippen LogP contribution in [0.25, 0.3) is 0 Å². The molecule has 0 radical (unpaired) electrons. The number of hydrogen-bond donors (Lipinski definition) is 2. The summed E-state index contributed by atoms with van der Waals surface area (Å²) >= 11 is 0. The Bertz CT molecular complexity index is 452. The third kappa shape index (κ3) is 3.18. The number of aryl methyl sites for hydroxylation is 1. The van der Waals surface area contributed by atoms with Crippen molar-refractivity contribution in [2.75, 3.05) is 6.54 Å². The minimum absolute atomic E-state index is 0.305. The van der Waals surface area contributed by atoms with E-state index in [2.05, 4.69) is 5.32 Å². The standard InChI is InChI=1S/C13H15F3N2/c14-13(15,16)11-3-1-2-9(6-11)4-5-10-7-12(17)18-8-10/h1-3,6-7,10,18H,4-5,8,17H2/t10-/m0/s1. The van der Waals surface area contributed by atoms with Crippen molar-refractivity contribution in [1.82, 2.24) is 5.32 Å². The average molecular weight is 256 g/mol. The lowest BCUT2D eigenvalue weighted by atomic mass is 9.99. The summed E-state index contributed by atoms with van der Waals surface area (Å²) in [7, 11) is 0. The third-order valence-electron chi connectivity index (χ3n) is 3.04. The first-order chi connectivity index (χ1) is 8.45. The molecular formula is C13H15F3N2. The van der Waals surface area contributed by atoms with Gasteiger partial charge in [0.2, 0.25) is 0 Å². The summed E-state index contributed by atoms with van der Waals surface area (Å²) in [6, 6.07) is 5.49. The van der Waals surface area contributed by atoms with Gasteiger partial charge < -0.3 is 11.1 Å². The topological polar surface area (TPSA) is 38.0 Å². The Morgan fingerprint density at radius 3 is 2.72 bits per heavy atom. The van der Waals surface area contributed by atoms with E-state index in [1.807, 2.05) is 6.08 Å². The molecule has 0 unspecified atom stereocenters. The summed E-state index contributed by atoms with van der Waals surface area (Å²) in [6.45, 7) is 0.769. The van der Waals surface area contributed by atoms with Crippen molar-refractivity contribution in [3.8, 4) is 0 Å². The van der Waals surface area contributed by atoms with Crippen LogP contribution in [0.2, 0.25) is 0 Å². The molecule has 98 valence electrons. The third-order valence-corrected chi connectivity index (χ3v) is 3.04. The molecule has 1 heterocycles. The Hall–Kier alpha value is -1.65. The highest BCUT2D eigenvalue weighted by Gasteiger charge is 2.30. The summed E-state index contributed by atoms with van der Waals surface area (Å²) in [5.41, 5.74) is 5.70. The molecule has 0 saturated carbocycles. The molecule has 1 aliphatic heterocycles. The molecule has 1 aromatic rings. The van der Waals surface area contributed by atoms with Crippen LogP contribution in [0.5, 0.6) is 0 Å². The lowest BCUT2D eigenvalue weighted by Gasteiger charge is -2.10. The molecule has 0 spiro atoms. The van der Waals surface area contributed by atoms with Crippen LogP contribution in [0.3, 0.4) is 0 Å². The molecule has 1 aromatic carbocycles. The average Bonchev–Trinajstić information content (AvgIpc) is 2.72. The van der Waals surface area contributed by atoms with Crippen molar-refractivity contribution >= 4 is 0 Å². The Labute approximate surface area is 104 Å². The van der Waals surface area contributed by atoms with Gasteiger partial charge in [0.1, 0.15) is 0 Å². The van der Waals surface area contributed by atoms with Gasteiger partial charge in [0.25, 0.3) is 0 Å². The SMILES string of the molecule is NC1=C[C@H](CCc2cccc(C(F)(F)F)c2)CN1. The Balaban J connectivity index is 1.98. The first kappa shape index (κ1) is 12.8. The first-order valence-corrected chi connectivity index (χ1v) is 5.82. The van der Waals surface area contributed by atoms with E-state index in [1.54, 1.807) is 6.07 Å². The van der Waals surface area contributed by atoms with Gasteiger partial charge in [0, 0.05) is 6.54 Å². The predicted octanol–water partition coefficient (Wildman–Crippen LogP) is 2.66. The number of hydrogen-bond acceptors (Lipinski definition) is 2. The van der Waals surface area contributed by atoms with Crippen LogP contribution in [0.1, 0.15) is 17.5 Å². The molecule has 0 aliphatic carbocycles. The van der Waals surface area contributed by atoms with Crippen molar-refractivity contribution < 1.29 is 13.2 Å². The van der Waals surface area contributed by atoms with E-state index in [0.29, 0.717) is 23.7 Å². The Kier molecular flexibility index (Phi) is 3.50. The molecule has 18 heavy (non-hydrogen) atoms. The van der Waals surface area contributed by atoms with E-state index in [4.69, 9.17) is 5.73 Å². The number of benzene rings is 1. The van der Waals surface area contributed by atoms with Gasteiger partial charge in [-0.15, -0.1) is 0 Å². The van der Waals surface area contributed by atoms with Crippen molar-refractivity contribution in [2.24, 2.45) is 11.7 Å². The fourth-order valence-electron chi connectivity index (χ4n) is 2.06. The molecule has 0 amide bonds. The van der Waals surface area contributed by atoms with E-state index in [0.717, 1.165) is 19.0 Å². The number of halogens is 3. The molecule has 0 saturated heterocycles.